The first kappa shape index (κ1) is 21.4. The van der Waals surface area contributed by atoms with E-state index in [2.05, 4.69) is 9.97 Å². The van der Waals surface area contributed by atoms with Gasteiger partial charge in [-0.15, -0.1) is 0 Å². The number of aromatic nitrogens is 3. The summed E-state index contributed by atoms with van der Waals surface area (Å²) >= 11 is 0. The molecule has 0 spiro atoms. The average Bonchev–Trinajstić information content (AvgIpc) is 2.64. The summed E-state index contributed by atoms with van der Waals surface area (Å²) in [6.07, 6.45) is 3.76. The van der Waals surface area contributed by atoms with Crippen LogP contribution in [0.3, 0.4) is 0 Å². The number of aryl methyl sites for hydroxylation is 1. The molecule has 0 saturated carbocycles. The normalized spacial score (nSPS) is 11.0. The van der Waals surface area contributed by atoms with Crippen LogP contribution in [0.2, 0.25) is 0 Å². The number of H-pyrrole nitrogens is 1. The molecule has 28 heavy (non-hydrogen) atoms. The van der Waals surface area contributed by atoms with Crippen LogP contribution >= 0.6 is 0 Å². The number of nitrogens with two attached hydrogens (primary N) is 1. The molecule has 2 heterocycles. The summed E-state index contributed by atoms with van der Waals surface area (Å²) in [5, 5.41) is 0. The molecule has 8 nitrogen and oxygen atoms in total. The van der Waals surface area contributed by atoms with Crippen molar-refractivity contribution in [2.75, 3.05) is 17.2 Å². The van der Waals surface area contributed by atoms with Crippen molar-refractivity contribution in [1.29, 1.82) is 0 Å². The molecule has 2 aromatic heterocycles. The maximum atomic E-state index is 13.2. The Labute approximate surface area is 164 Å². The highest BCUT2D eigenvalue weighted by Gasteiger charge is 2.25. The third kappa shape index (κ3) is 4.88. The number of pyridine rings is 1. The molecule has 0 bridgehead atoms. The molecule has 0 radical (unpaired) electrons. The predicted octanol–water partition coefficient (Wildman–Crippen LogP) is 2.32. The molecule has 0 saturated heterocycles. The highest BCUT2D eigenvalue weighted by Crippen LogP contribution is 2.21. The molecule has 0 aliphatic rings. The number of nitrogen functional groups attached to an aromatic ring is 1. The van der Waals surface area contributed by atoms with Crippen molar-refractivity contribution in [3.05, 3.63) is 50.4 Å². The van der Waals surface area contributed by atoms with Crippen molar-refractivity contribution in [2.24, 2.45) is 5.92 Å². The lowest BCUT2D eigenvalue weighted by Crippen LogP contribution is -2.42. The van der Waals surface area contributed by atoms with Crippen LogP contribution in [-0.4, -0.2) is 27.0 Å². The van der Waals surface area contributed by atoms with E-state index in [9.17, 15) is 14.4 Å². The van der Waals surface area contributed by atoms with Crippen LogP contribution in [0, 0.1) is 12.8 Å². The zero-order chi connectivity index (χ0) is 20.8. The number of carbonyl (C=O) groups is 1. The maximum absolute atomic E-state index is 13.2. The van der Waals surface area contributed by atoms with Crippen LogP contribution in [0.1, 0.15) is 56.1 Å². The van der Waals surface area contributed by atoms with E-state index in [1.54, 1.807) is 12.1 Å². The third-order valence-electron chi connectivity index (χ3n) is 4.55. The van der Waals surface area contributed by atoms with Crippen LogP contribution in [-0.2, 0) is 6.54 Å². The quantitative estimate of drug-likeness (QED) is 0.721. The number of rotatable bonds is 8. The van der Waals surface area contributed by atoms with Gasteiger partial charge >= 0.3 is 5.69 Å². The molecule has 152 valence electrons. The summed E-state index contributed by atoms with van der Waals surface area (Å²) in [6, 6.07) is 3.41. The van der Waals surface area contributed by atoms with Gasteiger partial charge in [0, 0.05) is 25.0 Å². The molecule has 0 fully saturated rings. The smallest absolute Gasteiger partial charge is 0.330 e. The molecular formula is C20H29N5O3. The third-order valence-corrected chi connectivity index (χ3v) is 4.55. The first-order chi connectivity index (χ1) is 13.3. The Bertz CT molecular complexity index is 928. The van der Waals surface area contributed by atoms with Crippen LogP contribution in [0.4, 0.5) is 11.5 Å². The van der Waals surface area contributed by atoms with E-state index in [4.69, 9.17) is 5.73 Å². The first-order valence-electron chi connectivity index (χ1n) is 9.63. The van der Waals surface area contributed by atoms with Gasteiger partial charge in [-0.1, -0.05) is 27.2 Å². The second-order valence-electron chi connectivity index (χ2n) is 7.33. The summed E-state index contributed by atoms with van der Waals surface area (Å²) in [5.74, 6) is -0.0387. The lowest BCUT2D eigenvalue weighted by atomic mass is 10.1. The average molecular weight is 387 g/mol. The monoisotopic (exact) mass is 387 g/mol. The second-order valence-corrected chi connectivity index (χ2v) is 7.33. The highest BCUT2D eigenvalue weighted by molar-refractivity contribution is 6.07. The minimum Gasteiger partial charge on any atom is -0.383 e. The molecule has 0 unspecified atom stereocenters. The number of anilines is 2. The minimum atomic E-state index is -0.660. The number of hydrogen-bond donors (Lipinski definition) is 2. The second kappa shape index (κ2) is 9.34. The van der Waals surface area contributed by atoms with Gasteiger partial charge in [0.25, 0.3) is 11.5 Å². The zero-order valence-electron chi connectivity index (χ0n) is 17.0. The van der Waals surface area contributed by atoms with Crippen molar-refractivity contribution in [2.45, 2.75) is 53.5 Å². The van der Waals surface area contributed by atoms with E-state index < -0.39 is 11.2 Å². The van der Waals surface area contributed by atoms with Gasteiger partial charge in [0.2, 0.25) is 0 Å². The molecule has 0 aliphatic heterocycles. The molecule has 8 heteroatoms. The van der Waals surface area contributed by atoms with Crippen molar-refractivity contribution in [3.63, 3.8) is 0 Å². The van der Waals surface area contributed by atoms with E-state index in [0.717, 1.165) is 18.5 Å². The van der Waals surface area contributed by atoms with E-state index in [-0.39, 0.29) is 17.4 Å². The summed E-state index contributed by atoms with van der Waals surface area (Å²) in [6.45, 7) is 8.58. The predicted molar refractivity (Wildman–Crippen MR) is 111 cm³/mol. The lowest BCUT2D eigenvalue weighted by Gasteiger charge is -2.25. The van der Waals surface area contributed by atoms with Crippen molar-refractivity contribution in [1.82, 2.24) is 14.5 Å². The topological polar surface area (TPSA) is 114 Å². The minimum absolute atomic E-state index is 0.0133. The van der Waals surface area contributed by atoms with Crippen molar-refractivity contribution < 1.29 is 4.79 Å². The van der Waals surface area contributed by atoms with E-state index in [0.29, 0.717) is 31.0 Å². The van der Waals surface area contributed by atoms with Crippen LogP contribution in [0.25, 0.3) is 0 Å². The fourth-order valence-electron chi connectivity index (χ4n) is 2.83. The Morgan fingerprint density at radius 2 is 2.04 bits per heavy atom. The fraction of sp³-hybridized carbons (Fsp3) is 0.500. The molecule has 2 rings (SSSR count). The number of hydrogen-bond acceptors (Lipinski definition) is 5. The number of amides is 1. The Balaban J connectivity index is 2.56. The largest absolute Gasteiger partial charge is 0.383 e. The number of carbonyl (C=O) groups excluding carboxylic acids is 1. The molecule has 0 aliphatic carbocycles. The SMILES string of the molecule is CCCCn1c(N)c(N(CCC(C)C)C(=O)c2ccc(C)nc2)c(=O)[nH]c1=O. The van der Waals surface area contributed by atoms with E-state index in [1.807, 2.05) is 27.7 Å². The van der Waals surface area contributed by atoms with Gasteiger partial charge in [-0.3, -0.25) is 24.1 Å². The molecular weight excluding hydrogens is 358 g/mol. The Hall–Kier alpha value is -2.90. The van der Waals surface area contributed by atoms with Crippen molar-refractivity contribution >= 4 is 17.4 Å². The van der Waals surface area contributed by atoms with Gasteiger partial charge in [-0.2, -0.15) is 0 Å². The van der Waals surface area contributed by atoms with Gasteiger partial charge in [0.05, 0.1) is 5.56 Å². The first-order valence-corrected chi connectivity index (χ1v) is 9.63. The standard InChI is InChI=1S/C20H29N5O3/c1-5-6-10-25-17(21)16(18(26)23-20(25)28)24(11-9-13(2)3)19(27)15-8-7-14(4)22-12-15/h7-8,12-13H,5-6,9-11,21H2,1-4H3,(H,23,26,28). The Morgan fingerprint density at radius 1 is 1.32 bits per heavy atom. The number of nitrogens with one attached hydrogen (secondary N) is 1. The fourth-order valence-corrected chi connectivity index (χ4v) is 2.83. The van der Waals surface area contributed by atoms with Gasteiger partial charge < -0.3 is 10.6 Å². The molecule has 0 aromatic carbocycles. The van der Waals surface area contributed by atoms with Crippen LogP contribution in [0.5, 0.6) is 0 Å². The highest BCUT2D eigenvalue weighted by atomic mass is 16.2. The Kier molecular flexibility index (Phi) is 7.14. The summed E-state index contributed by atoms with van der Waals surface area (Å²) in [4.78, 5) is 45.8. The van der Waals surface area contributed by atoms with E-state index in [1.165, 1.54) is 15.7 Å². The molecule has 1 amide bonds. The van der Waals surface area contributed by atoms with Gasteiger partial charge in [0.15, 0.2) is 5.69 Å². The molecule has 3 N–H and O–H groups in total. The number of unbranched alkanes of at least 4 members (excludes halogenated alkanes) is 1. The number of nitrogens with zero attached hydrogens (tertiary/aromatic N) is 3. The van der Waals surface area contributed by atoms with Gasteiger partial charge in [-0.25, -0.2) is 4.79 Å². The lowest BCUT2D eigenvalue weighted by molar-refractivity contribution is 0.0985. The van der Waals surface area contributed by atoms with Gasteiger partial charge in [-0.05, 0) is 37.8 Å². The van der Waals surface area contributed by atoms with Crippen molar-refractivity contribution in [3.8, 4) is 0 Å². The van der Waals surface area contributed by atoms with Crippen LogP contribution in [0.15, 0.2) is 27.9 Å². The molecule has 0 atom stereocenters. The summed E-state index contributed by atoms with van der Waals surface area (Å²) in [5.41, 5.74) is 6.15. The maximum Gasteiger partial charge on any atom is 0.330 e. The van der Waals surface area contributed by atoms with Crippen LogP contribution < -0.4 is 21.9 Å². The Morgan fingerprint density at radius 3 is 2.61 bits per heavy atom. The molecule has 2 aromatic rings. The summed E-state index contributed by atoms with van der Waals surface area (Å²) < 4.78 is 1.32. The number of aromatic amines is 1. The summed E-state index contributed by atoms with van der Waals surface area (Å²) in [7, 11) is 0. The van der Waals surface area contributed by atoms with E-state index >= 15 is 0 Å². The zero-order valence-corrected chi connectivity index (χ0v) is 17.0. The van der Waals surface area contributed by atoms with Gasteiger partial charge in [0.1, 0.15) is 5.82 Å².